The number of likely N-dealkylation sites (tertiary alicyclic amines) is 1. The molecule has 1 saturated heterocycles. The van der Waals surface area contributed by atoms with Crippen molar-refractivity contribution in [3.63, 3.8) is 0 Å². The third-order valence-corrected chi connectivity index (χ3v) is 3.87. The Morgan fingerprint density at radius 2 is 2.05 bits per heavy atom. The topological polar surface area (TPSA) is 76.1 Å². The van der Waals surface area contributed by atoms with Crippen LogP contribution in [0.5, 0.6) is 5.75 Å². The number of nitrogens with zero attached hydrogens (tertiary/aromatic N) is 1. The second-order valence-electron chi connectivity index (χ2n) is 5.13. The van der Waals surface area contributed by atoms with Crippen molar-refractivity contribution in [2.75, 3.05) is 20.3 Å². The Morgan fingerprint density at radius 3 is 2.64 bits per heavy atom. The minimum Gasteiger partial charge on any atom is -0.484 e. The summed E-state index contributed by atoms with van der Waals surface area (Å²) in [5, 5.41) is 9.53. The molecule has 0 bridgehead atoms. The van der Waals surface area contributed by atoms with Crippen LogP contribution in [0.3, 0.4) is 0 Å². The van der Waals surface area contributed by atoms with Crippen molar-refractivity contribution in [1.29, 1.82) is 0 Å². The van der Waals surface area contributed by atoms with Crippen molar-refractivity contribution in [3.05, 3.63) is 29.3 Å². The molecule has 1 aromatic carbocycles. The van der Waals surface area contributed by atoms with E-state index in [9.17, 15) is 9.59 Å². The highest BCUT2D eigenvalue weighted by molar-refractivity contribution is 6.30. The molecule has 2 unspecified atom stereocenters. The minimum atomic E-state index is -0.932. The molecule has 2 rings (SSSR count). The van der Waals surface area contributed by atoms with E-state index in [1.807, 2.05) is 0 Å². The highest BCUT2D eigenvalue weighted by Crippen LogP contribution is 2.23. The molecule has 2 atom stereocenters. The molecule has 1 amide bonds. The quantitative estimate of drug-likeness (QED) is 0.862. The van der Waals surface area contributed by atoms with E-state index >= 15 is 0 Å². The average Bonchev–Trinajstić information content (AvgIpc) is 2.88. The highest BCUT2D eigenvalue weighted by atomic mass is 35.5. The van der Waals surface area contributed by atoms with E-state index in [4.69, 9.17) is 26.2 Å². The van der Waals surface area contributed by atoms with Crippen LogP contribution in [0.4, 0.5) is 0 Å². The van der Waals surface area contributed by atoms with Gasteiger partial charge in [0, 0.05) is 24.7 Å². The van der Waals surface area contributed by atoms with Gasteiger partial charge in [-0.3, -0.25) is 9.59 Å². The summed E-state index contributed by atoms with van der Waals surface area (Å²) in [7, 11) is 1.56. The molecule has 22 heavy (non-hydrogen) atoms. The van der Waals surface area contributed by atoms with Gasteiger partial charge in [0.05, 0.1) is 12.5 Å². The second-order valence-corrected chi connectivity index (χ2v) is 5.57. The number of carboxylic acid groups (broad SMARTS) is 1. The lowest BCUT2D eigenvalue weighted by Crippen LogP contribution is -2.40. The van der Waals surface area contributed by atoms with Gasteiger partial charge in [0.1, 0.15) is 5.75 Å². The number of carbonyl (C=O) groups excluding carboxylic acids is 1. The lowest BCUT2D eigenvalue weighted by atomic mass is 10.1. The van der Waals surface area contributed by atoms with Crippen molar-refractivity contribution in [2.45, 2.75) is 25.0 Å². The molecule has 0 saturated carbocycles. The maximum absolute atomic E-state index is 12.3. The predicted octanol–water partition coefficient (Wildman–Crippen LogP) is 1.81. The second kappa shape index (κ2) is 7.47. The first kappa shape index (κ1) is 16.6. The number of carboxylic acids is 1. The van der Waals surface area contributed by atoms with Crippen molar-refractivity contribution in [3.8, 4) is 5.75 Å². The Hall–Kier alpha value is -1.79. The number of methoxy groups -OCH3 is 1. The van der Waals surface area contributed by atoms with Gasteiger partial charge in [0.15, 0.2) is 6.61 Å². The molecule has 6 nitrogen and oxygen atoms in total. The standard InChI is InChI=1S/C15H18ClNO5/c1-21-13-6-11(7-15(19)20)17(8-13)14(18)9-22-12-4-2-10(16)3-5-12/h2-5,11,13H,6-9H2,1H3,(H,19,20). The Morgan fingerprint density at radius 1 is 1.36 bits per heavy atom. The molecule has 7 heteroatoms. The smallest absolute Gasteiger partial charge is 0.305 e. The van der Waals surface area contributed by atoms with Crippen LogP contribution in [0.1, 0.15) is 12.8 Å². The molecular weight excluding hydrogens is 310 g/mol. The molecule has 0 spiro atoms. The Balaban J connectivity index is 1.94. The molecule has 1 aromatic rings. The number of rotatable bonds is 6. The molecule has 1 aliphatic heterocycles. The van der Waals surface area contributed by atoms with Crippen LogP contribution in [0.25, 0.3) is 0 Å². The molecule has 120 valence electrons. The van der Waals surface area contributed by atoms with Crippen molar-refractivity contribution < 1.29 is 24.2 Å². The van der Waals surface area contributed by atoms with Crippen molar-refractivity contribution in [1.82, 2.24) is 4.90 Å². The van der Waals surface area contributed by atoms with Crippen LogP contribution in [0.15, 0.2) is 24.3 Å². The third-order valence-electron chi connectivity index (χ3n) is 3.62. The monoisotopic (exact) mass is 327 g/mol. The average molecular weight is 328 g/mol. The Kier molecular flexibility index (Phi) is 5.63. The lowest BCUT2D eigenvalue weighted by molar-refractivity contribution is -0.140. The first-order chi connectivity index (χ1) is 10.5. The number of hydrogen-bond acceptors (Lipinski definition) is 4. The summed E-state index contributed by atoms with van der Waals surface area (Å²) >= 11 is 5.78. The van der Waals surface area contributed by atoms with Gasteiger partial charge in [-0.15, -0.1) is 0 Å². The van der Waals surface area contributed by atoms with Crippen LogP contribution >= 0.6 is 11.6 Å². The summed E-state index contributed by atoms with van der Waals surface area (Å²) < 4.78 is 10.7. The van der Waals surface area contributed by atoms with Crippen LogP contribution in [-0.2, 0) is 14.3 Å². The van der Waals surface area contributed by atoms with Crippen LogP contribution in [0, 0.1) is 0 Å². The Bertz CT molecular complexity index is 533. The van der Waals surface area contributed by atoms with Gasteiger partial charge in [-0.25, -0.2) is 0 Å². The van der Waals surface area contributed by atoms with E-state index in [2.05, 4.69) is 0 Å². The number of aliphatic carboxylic acids is 1. The predicted molar refractivity (Wildman–Crippen MR) is 80.1 cm³/mol. The lowest BCUT2D eigenvalue weighted by Gasteiger charge is -2.23. The molecule has 0 radical (unpaired) electrons. The number of hydrogen-bond donors (Lipinski definition) is 1. The van der Waals surface area contributed by atoms with Crippen molar-refractivity contribution >= 4 is 23.5 Å². The largest absolute Gasteiger partial charge is 0.484 e. The van der Waals surface area contributed by atoms with Gasteiger partial charge < -0.3 is 19.5 Å². The third kappa shape index (κ3) is 4.35. The first-order valence-electron chi connectivity index (χ1n) is 6.92. The van der Waals surface area contributed by atoms with Crippen LogP contribution in [0.2, 0.25) is 5.02 Å². The zero-order valence-corrected chi connectivity index (χ0v) is 13.0. The van der Waals surface area contributed by atoms with Gasteiger partial charge >= 0.3 is 5.97 Å². The first-order valence-corrected chi connectivity index (χ1v) is 7.30. The minimum absolute atomic E-state index is 0.0907. The Labute approximate surface area is 133 Å². The molecule has 1 fully saturated rings. The molecular formula is C15H18ClNO5. The van der Waals surface area contributed by atoms with E-state index in [1.165, 1.54) is 4.90 Å². The van der Waals surface area contributed by atoms with Crippen LogP contribution < -0.4 is 4.74 Å². The normalized spacial score (nSPS) is 20.9. The fourth-order valence-electron chi connectivity index (χ4n) is 2.50. The zero-order valence-electron chi connectivity index (χ0n) is 12.2. The summed E-state index contributed by atoms with van der Waals surface area (Å²) in [6.07, 6.45) is 0.297. The zero-order chi connectivity index (χ0) is 16.1. The van der Waals surface area contributed by atoms with E-state index in [1.54, 1.807) is 31.4 Å². The summed E-state index contributed by atoms with van der Waals surface area (Å²) in [5.41, 5.74) is 0. The fourth-order valence-corrected chi connectivity index (χ4v) is 2.63. The summed E-state index contributed by atoms with van der Waals surface area (Å²) in [5.74, 6) is -0.644. The van der Waals surface area contributed by atoms with E-state index in [0.29, 0.717) is 23.7 Å². The van der Waals surface area contributed by atoms with Gasteiger partial charge in [-0.2, -0.15) is 0 Å². The summed E-state index contributed by atoms with van der Waals surface area (Å²) in [4.78, 5) is 24.7. The van der Waals surface area contributed by atoms with Gasteiger partial charge in [-0.05, 0) is 30.7 Å². The molecule has 1 heterocycles. The number of carbonyl (C=O) groups is 2. The van der Waals surface area contributed by atoms with E-state index in [0.717, 1.165) is 0 Å². The number of amides is 1. The maximum Gasteiger partial charge on any atom is 0.305 e. The van der Waals surface area contributed by atoms with Crippen LogP contribution in [-0.4, -0.2) is 54.3 Å². The molecule has 0 aromatic heterocycles. The van der Waals surface area contributed by atoms with E-state index in [-0.39, 0.29) is 31.1 Å². The summed E-state index contributed by atoms with van der Waals surface area (Å²) in [6, 6.07) is 6.33. The van der Waals surface area contributed by atoms with E-state index < -0.39 is 5.97 Å². The fraction of sp³-hybridized carbons (Fsp3) is 0.467. The molecule has 1 aliphatic rings. The van der Waals surface area contributed by atoms with Crippen molar-refractivity contribution in [2.24, 2.45) is 0 Å². The van der Waals surface area contributed by atoms with Gasteiger partial charge in [0.25, 0.3) is 5.91 Å². The summed E-state index contributed by atoms with van der Waals surface area (Å²) in [6.45, 7) is 0.242. The SMILES string of the molecule is COC1CC(CC(=O)O)N(C(=O)COc2ccc(Cl)cc2)C1. The molecule has 1 N–H and O–H groups in total. The number of benzene rings is 1. The molecule has 0 aliphatic carbocycles. The van der Waals surface area contributed by atoms with Gasteiger partial charge in [0.2, 0.25) is 0 Å². The number of halogens is 1. The van der Waals surface area contributed by atoms with Gasteiger partial charge in [-0.1, -0.05) is 11.6 Å². The highest BCUT2D eigenvalue weighted by Gasteiger charge is 2.36. The maximum atomic E-state index is 12.3. The number of ether oxygens (including phenoxy) is 2.